The van der Waals surface area contributed by atoms with E-state index in [0.29, 0.717) is 12.5 Å². The summed E-state index contributed by atoms with van der Waals surface area (Å²) >= 11 is 0. The minimum absolute atomic E-state index is 0.178. The van der Waals surface area contributed by atoms with Gasteiger partial charge >= 0.3 is 0 Å². The van der Waals surface area contributed by atoms with Gasteiger partial charge in [0.05, 0.1) is 0 Å². The van der Waals surface area contributed by atoms with Crippen molar-refractivity contribution in [1.82, 2.24) is 15.5 Å². The van der Waals surface area contributed by atoms with Gasteiger partial charge in [-0.1, -0.05) is 0 Å². The lowest BCUT2D eigenvalue weighted by Gasteiger charge is -2.20. The molecule has 0 aromatic rings. The zero-order valence-electron chi connectivity index (χ0n) is 11.9. The number of nitrogens with one attached hydrogen (secondary N) is 2. The van der Waals surface area contributed by atoms with Crippen molar-refractivity contribution in [2.24, 2.45) is 0 Å². The van der Waals surface area contributed by atoms with Gasteiger partial charge < -0.3 is 15.5 Å². The zero-order chi connectivity index (χ0) is 13.1. The van der Waals surface area contributed by atoms with Crippen LogP contribution in [0, 0.1) is 0 Å². The molecule has 0 saturated carbocycles. The fourth-order valence-corrected chi connectivity index (χ4v) is 1.49. The fraction of sp³-hybridized carbons (Fsp3) is 0.923. The van der Waals surface area contributed by atoms with E-state index < -0.39 is 0 Å². The van der Waals surface area contributed by atoms with Gasteiger partial charge in [-0.2, -0.15) is 0 Å². The SMILES string of the molecule is CNCCCC(=O)NCCCCN(C)C(C)C. The van der Waals surface area contributed by atoms with Crippen LogP contribution in [0.15, 0.2) is 0 Å². The molecule has 0 fully saturated rings. The number of amides is 1. The molecule has 17 heavy (non-hydrogen) atoms. The van der Waals surface area contributed by atoms with Crippen LogP contribution >= 0.6 is 0 Å². The molecule has 0 aromatic carbocycles. The summed E-state index contributed by atoms with van der Waals surface area (Å²) in [5.41, 5.74) is 0. The van der Waals surface area contributed by atoms with Crippen LogP contribution in [0.4, 0.5) is 0 Å². The van der Waals surface area contributed by atoms with Gasteiger partial charge in [-0.05, 0) is 60.3 Å². The van der Waals surface area contributed by atoms with Crippen LogP contribution in [0.3, 0.4) is 0 Å². The Morgan fingerprint density at radius 3 is 2.47 bits per heavy atom. The highest BCUT2D eigenvalue weighted by Gasteiger charge is 2.03. The third-order valence-corrected chi connectivity index (χ3v) is 2.97. The molecule has 0 spiro atoms. The van der Waals surface area contributed by atoms with E-state index in [1.54, 1.807) is 0 Å². The first-order chi connectivity index (χ1) is 8.07. The molecule has 0 aromatic heterocycles. The molecular weight excluding hydrogens is 214 g/mol. The largest absolute Gasteiger partial charge is 0.356 e. The van der Waals surface area contributed by atoms with Crippen molar-refractivity contribution in [3.05, 3.63) is 0 Å². The molecule has 0 heterocycles. The van der Waals surface area contributed by atoms with E-state index in [2.05, 4.69) is 36.4 Å². The van der Waals surface area contributed by atoms with E-state index in [4.69, 9.17) is 0 Å². The molecule has 102 valence electrons. The summed E-state index contributed by atoms with van der Waals surface area (Å²) in [7, 11) is 4.05. The Bertz CT molecular complexity index is 195. The van der Waals surface area contributed by atoms with Gasteiger partial charge in [0.2, 0.25) is 5.91 Å². The summed E-state index contributed by atoms with van der Waals surface area (Å²) in [6.07, 6.45) is 3.76. The van der Waals surface area contributed by atoms with Gasteiger partial charge in [-0.25, -0.2) is 0 Å². The van der Waals surface area contributed by atoms with Crippen molar-refractivity contribution in [1.29, 1.82) is 0 Å². The monoisotopic (exact) mass is 243 g/mol. The van der Waals surface area contributed by atoms with E-state index in [1.807, 2.05) is 7.05 Å². The zero-order valence-corrected chi connectivity index (χ0v) is 11.9. The maximum Gasteiger partial charge on any atom is 0.220 e. The summed E-state index contributed by atoms with van der Waals surface area (Å²) in [6.45, 7) is 7.22. The van der Waals surface area contributed by atoms with Crippen molar-refractivity contribution < 1.29 is 4.79 Å². The number of hydrogen-bond acceptors (Lipinski definition) is 3. The molecule has 0 bridgehead atoms. The van der Waals surface area contributed by atoms with Gasteiger partial charge in [0, 0.05) is 19.0 Å². The Balaban J connectivity index is 3.30. The predicted octanol–water partition coefficient (Wildman–Crippen LogP) is 1.22. The standard InChI is InChI=1S/C13H29N3O/c1-12(2)16(4)11-6-5-10-15-13(17)8-7-9-14-3/h12,14H,5-11H2,1-4H3,(H,15,17). The van der Waals surface area contributed by atoms with Crippen LogP contribution < -0.4 is 10.6 Å². The Morgan fingerprint density at radius 2 is 1.88 bits per heavy atom. The topological polar surface area (TPSA) is 44.4 Å². The highest BCUT2D eigenvalue weighted by molar-refractivity contribution is 5.75. The maximum atomic E-state index is 11.4. The number of carbonyl (C=O) groups is 1. The lowest BCUT2D eigenvalue weighted by atomic mass is 10.2. The molecule has 0 atom stereocenters. The average molecular weight is 243 g/mol. The van der Waals surface area contributed by atoms with Crippen LogP contribution in [-0.2, 0) is 4.79 Å². The third-order valence-electron chi connectivity index (χ3n) is 2.97. The van der Waals surface area contributed by atoms with Gasteiger partial charge in [-0.15, -0.1) is 0 Å². The highest BCUT2D eigenvalue weighted by atomic mass is 16.1. The molecule has 0 saturated heterocycles. The molecule has 0 unspecified atom stereocenters. The van der Waals surface area contributed by atoms with E-state index in [9.17, 15) is 4.79 Å². The van der Waals surface area contributed by atoms with Crippen molar-refractivity contribution in [2.75, 3.05) is 33.7 Å². The Morgan fingerprint density at radius 1 is 1.18 bits per heavy atom. The first kappa shape index (κ1) is 16.4. The molecular formula is C13H29N3O. The quantitative estimate of drug-likeness (QED) is 0.567. The van der Waals surface area contributed by atoms with E-state index in [-0.39, 0.29) is 5.91 Å². The Labute approximate surface area is 106 Å². The summed E-state index contributed by atoms with van der Waals surface area (Å²) in [5, 5.41) is 6.00. The first-order valence-electron chi connectivity index (χ1n) is 6.69. The number of carbonyl (C=O) groups excluding carboxylic acids is 1. The second-order valence-corrected chi connectivity index (χ2v) is 4.84. The summed E-state index contributed by atoms with van der Waals surface area (Å²) in [4.78, 5) is 13.7. The number of nitrogens with zero attached hydrogens (tertiary/aromatic N) is 1. The van der Waals surface area contributed by atoms with Crippen LogP contribution in [0.25, 0.3) is 0 Å². The molecule has 0 aliphatic carbocycles. The summed E-state index contributed by atoms with van der Waals surface area (Å²) < 4.78 is 0. The van der Waals surface area contributed by atoms with Crippen LogP contribution in [0.1, 0.15) is 39.5 Å². The minimum Gasteiger partial charge on any atom is -0.356 e. The third kappa shape index (κ3) is 10.3. The molecule has 0 radical (unpaired) electrons. The van der Waals surface area contributed by atoms with Crippen LogP contribution in [-0.4, -0.2) is 50.6 Å². The van der Waals surface area contributed by atoms with Gasteiger partial charge in [-0.3, -0.25) is 4.79 Å². The fourth-order valence-electron chi connectivity index (χ4n) is 1.49. The molecule has 0 aliphatic heterocycles. The first-order valence-corrected chi connectivity index (χ1v) is 6.69. The molecule has 1 amide bonds. The van der Waals surface area contributed by atoms with Gasteiger partial charge in [0.15, 0.2) is 0 Å². The van der Waals surface area contributed by atoms with Gasteiger partial charge in [0.1, 0.15) is 0 Å². The summed E-state index contributed by atoms with van der Waals surface area (Å²) in [5.74, 6) is 0.178. The smallest absolute Gasteiger partial charge is 0.220 e. The van der Waals surface area contributed by atoms with Crippen LogP contribution in [0.5, 0.6) is 0 Å². The van der Waals surface area contributed by atoms with Crippen molar-refractivity contribution in [3.63, 3.8) is 0 Å². The average Bonchev–Trinajstić information content (AvgIpc) is 2.28. The van der Waals surface area contributed by atoms with Crippen molar-refractivity contribution in [2.45, 2.75) is 45.6 Å². The molecule has 4 heteroatoms. The minimum atomic E-state index is 0.178. The van der Waals surface area contributed by atoms with Crippen molar-refractivity contribution >= 4 is 5.91 Å². The lowest BCUT2D eigenvalue weighted by molar-refractivity contribution is -0.121. The summed E-state index contributed by atoms with van der Waals surface area (Å²) in [6, 6.07) is 0.603. The van der Waals surface area contributed by atoms with Crippen molar-refractivity contribution in [3.8, 4) is 0 Å². The Kier molecular flexibility index (Phi) is 10.2. The predicted molar refractivity (Wildman–Crippen MR) is 73.2 cm³/mol. The van der Waals surface area contributed by atoms with E-state index in [1.165, 1.54) is 0 Å². The number of unbranched alkanes of at least 4 members (excludes halogenated alkanes) is 1. The van der Waals surface area contributed by atoms with E-state index in [0.717, 1.165) is 38.9 Å². The molecule has 0 aliphatic rings. The maximum absolute atomic E-state index is 11.4. The lowest BCUT2D eigenvalue weighted by Crippen LogP contribution is -2.29. The van der Waals surface area contributed by atoms with Gasteiger partial charge in [0.25, 0.3) is 0 Å². The highest BCUT2D eigenvalue weighted by Crippen LogP contribution is 1.97. The normalized spacial score (nSPS) is 11.2. The van der Waals surface area contributed by atoms with Crippen LogP contribution in [0.2, 0.25) is 0 Å². The second kappa shape index (κ2) is 10.5. The number of hydrogen-bond donors (Lipinski definition) is 2. The molecule has 4 nitrogen and oxygen atoms in total. The second-order valence-electron chi connectivity index (χ2n) is 4.84. The number of rotatable bonds is 10. The molecule has 0 rings (SSSR count). The molecule has 2 N–H and O–H groups in total. The van der Waals surface area contributed by atoms with E-state index >= 15 is 0 Å². The Hall–Kier alpha value is -0.610.